The molecule has 0 saturated carbocycles. The summed E-state index contributed by atoms with van der Waals surface area (Å²) in [6.45, 7) is 9.26. The number of nitrogens with zero attached hydrogens (tertiary/aromatic N) is 1. The molecule has 29 heavy (non-hydrogen) atoms. The second-order valence-corrected chi connectivity index (χ2v) is 9.98. The molecule has 0 unspecified atom stereocenters. The maximum Gasteiger partial charge on any atom is 0.196 e. The second-order valence-electron chi connectivity index (χ2n) is 8.85. The number of fused-ring (bicyclic) bond motifs is 1. The zero-order valence-electron chi connectivity index (χ0n) is 17.4. The van der Waals surface area contributed by atoms with E-state index in [9.17, 15) is 4.79 Å². The molecule has 4 rings (SSSR count). The molecule has 0 amide bonds. The van der Waals surface area contributed by atoms with Crippen molar-refractivity contribution in [2.24, 2.45) is 0 Å². The zero-order chi connectivity index (χ0) is 20.6. The number of ketones is 1. The van der Waals surface area contributed by atoms with Crippen molar-refractivity contribution >= 4 is 22.1 Å². The van der Waals surface area contributed by atoms with Crippen molar-refractivity contribution < 1.29 is 4.79 Å². The smallest absolute Gasteiger partial charge is 0.196 e. The number of thiophene rings is 1. The van der Waals surface area contributed by atoms with Crippen LogP contribution in [0.3, 0.4) is 0 Å². The van der Waals surface area contributed by atoms with Crippen LogP contribution >= 0.6 is 11.3 Å². The van der Waals surface area contributed by atoms with E-state index in [0.717, 1.165) is 42.7 Å². The van der Waals surface area contributed by atoms with E-state index in [4.69, 9.17) is 5.73 Å². The zero-order valence-corrected chi connectivity index (χ0v) is 18.2. The van der Waals surface area contributed by atoms with Crippen LogP contribution in [0, 0.1) is 0 Å². The summed E-state index contributed by atoms with van der Waals surface area (Å²) >= 11 is 1.58. The van der Waals surface area contributed by atoms with Crippen molar-refractivity contribution in [1.82, 2.24) is 4.90 Å². The third kappa shape index (κ3) is 4.14. The predicted octanol–water partition coefficient (Wildman–Crippen LogP) is 5.42. The highest BCUT2D eigenvalue weighted by molar-refractivity contribution is 7.16. The van der Waals surface area contributed by atoms with Gasteiger partial charge in [-0.05, 0) is 28.5 Å². The molecule has 0 spiro atoms. The number of anilines is 1. The first-order valence-electron chi connectivity index (χ1n) is 10.1. The molecule has 0 aliphatic carbocycles. The van der Waals surface area contributed by atoms with Gasteiger partial charge in [-0.25, -0.2) is 0 Å². The van der Waals surface area contributed by atoms with E-state index in [1.165, 1.54) is 16.0 Å². The van der Waals surface area contributed by atoms with Crippen molar-refractivity contribution in [2.75, 3.05) is 12.3 Å². The molecule has 2 heterocycles. The number of carbonyl (C=O) groups excluding carboxylic acids is 1. The Morgan fingerprint density at radius 2 is 1.76 bits per heavy atom. The maximum absolute atomic E-state index is 13.2. The van der Waals surface area contributed by atoms with Gasteiger partial charge in [0.15, 0.2) is 5.78 Å². The predicted molar refractivity (Wildman–Crippen MR) is 122 cm³/mol. The fourth-order valence-corrected chi connectivity index (χ4v) is 5.13. The molecule has 1 aromatic heterocycles. The summed E-state index contributed by atoms with van der Waals surface area (Å²) in [5.41, 5.74) is 11.6. The van der Waals surface area contributed by atoms with Crippen molar-refractivity contribution in [2.45, 2.75) is 45.7 Å². The van der Waals surface area contributed by atoms with E-state index in [0.29, 0.717) is 5.00 Å². The van der Waals surface area contributed by atoms with Gasteiger partial charge in [0, 0.05) is 30.1 Å². The quantitative estimate of drug-likeness (QED) is 0.591. The van der Waals surface area contributed by atoms with Crippen molar-refractivity contribution in [3.8, 4) is 0 Å². The number of hydrogen-bond donors (Lipinski definition) is 1. The fourth-order valence-electron chi connectivity index (χ4n) is 3.97. The lowest BCUT2D eigenvalue weighted by molar-refractivity contribution is 0.103. The molecular weight excluding hydrogens is 376 g/mol. The Labute approximate surface area is 177 Å². The lowest BCUT2D eigenvalue weighted by Crippen LogP contribution is -2.29. The van der Waals surface area contributed by atoms with E-state index >= 15 is 0 Å². The van der Waals surface area contributed by atoms with E-state index in [2.05, 4.69) is 62.1 Å². The Morgan fingerprint density at radius 1 is 1.07 bits per heavy atom. The summed E-state index contributed by atoms with van der Waals surface area (Å²) in [6, 6.07) is 18.5. The van der Waals surface area contributed by atoms with Gasteiger partial charge in [-0.3, -0.25) is 9.69 Å². The van der Waals surface area contributed by atoms with Gasteiger partial charge in [-0.15, -0.1) is 11.3 Å². The largest absolute Gasteiger partial charge is 0.390 e. The summed E-state index contributed by atoms with van der Waals surface area (Å²) in [6.07, 6.45) is 0.872. The first kappa shape index (κ1) is 19.9. The summed E-state index contributed by atoms with van der Waals surface area (Å²) in [5, 5.41) is 0.654. The standard InChI is InChI=1S/C25H28N2OS/c1-25(2,3)19-11-9-18(10-12-19)23(28)22-20-13-14-27(16-21(20)29-24(22)26)15-17-7-5-4-6-8-17/h4-12H,13-16,26H2,1-3H3. The van der Waals surface area contributed by atoms with E-state index < -0.39 is 0 Å². The van der Waals surface area contributed by atoms with Crippen LogP contribution in [0.15, 0.2) is 54.6 Å². The first-order chi connectivity index (χ1) is 13.8. The van der Waals surface area contributed by atoms with E-state index in [1.807, 2.05) is 18.2 Å². The van der Waals surface area contributed by atoms with Crippen LogP contribution in [-0.4, -0.2) is 17.2 Å². The third-order valence-electron chi connectivity index (χ3n) is 5.65. The van der Waals surface area contributed by atoms with Crippen LogP contribution < -0.4 is 5.73 Å². The fraction of sp³-hybridized carbons (Fsp3) is 0.320. The van der Waals surface area contributed by atoms with Crippen LogP contribution in [0.5, 0.6) is 0 Å². The Kier molecular flexibility index (Phi) is 5.32. The molecule has 0 saturated heterocycles. The molecule has 2 N–H and O–H groups in total. The average Bonchev–Trinajstić information content (AvgIpc) is 3.02. The van der Waals surface area contributed by atoms with E-state index in [1.54, 1.807) is 11.3 Å². The molecule has 0 fully saturated rings. The van der Waals surface area contributed by atoms with Gasteiger partial charge in [0.1, 0.15) is 0 Å². The summed E-state index contributed by atoms with van der Waals surface area (Å²) in [5.74, 6) is 0.0527. The number of benzene rings is 2. The molecule has 1 aliphatic heterocycles. The van der Waals surface area contributed by atoms with Gasteiger partial charge in [-0.1, -0.05) is 75.4 Å². The van der Waals surface area contributed by atoms with Crippen LogP contribution in [0.2, 0.25) is 0 Å². The van der Waals surface area contributed by atoms with Gasteiger partial charge in [0.2, 0.25) is 0 Å². The third-order valence-corrected chi connectivity index (χ3v) is 6.70. The minimum atomic E-state index is 0.0527. The molecule has 3 aromatic rings. The summed E-state index contributed by atoms with van der Waals surface area (Å²) in [4.78, 5) is 16.9. The number of nitrogen functional groups attached to an aromatic ring is 1. The Balaban J connectivity index is 1.55. The minimum absolute atomic E-state index is 0.0527. The highest BCUT2D eigenvalue weighted by atomic mass is 32.1. The van der Waals surface area contributed by atoms with Gasteiger partial charge in [0.25, 0.3) is 0 Å². The molecule has 3 nitrogen and oxygen atoms in total. The number of carbonyl (C=O) groups is 1. The SMILES string of the molecule is CC(C)(C)c1ccc(C(=O)c2c(N)sc3c2CCN(Cc2ccccc2)C3)cc1. The molecule has 2 aromatic carbocycles. The maximum atomic E-state index is 13.2. The molecule has 150 valence electrons. The highest BCUT2D eigenvalue weighted by Crippen LogP contribution is 2.37. The van der Waals surface area contributed by atoms with Gasteiger partial charge in [0.05, 0.1) is 10.6 Å². The van der Waals surface area contributed by atoms with Crippen molar-refractivity contribution in [1.29, 1.82) is 0 Å². The van der Waals surface area contributed by atoms with Crippen LogP contribution in [0.25, 0.3) is 0 Å². The van der Waals surface area contributed by atoms with E-state index in [-0.39, 0.29) is 11.2 Å². The molecular formula is C25H28N2OS. The number of rotatable bonds is 4. The lowest BCUT2D eigenvalue weighted by Gasteiger charge is -2.27. The van der Waals surface area contributed by atoms with Crippen LogP contribution in [0.4, 0.5) is 5.00 Å². The summed E-state index contributed by atoms with van der Waals surface area (Å²) < 4.78 is 0. The molecule has 0 radical (unpaired) electrons. The topological polar surface area (TPSA) is 46.3 Å². The van der Waals surface area contributed by atoms with Crippen LogP contribution in [-0.2, 0) is 24.9 Å². The summed E-state index contributed by atoms with van der Waals surface area (Å²) in [7, 11) is 0. The number of nitrogens with two attached hydrogens (primary N) is 1. The Hall–Kier alpha value is -2.43. The lowest BCUT2D eigenvalue weighted by atomic mass is 9.86. The Bertz CT molecular complexity index is 1010. The molecule has 0 atom stereocenters. The van der Waals surface area contributed by atoms with Crippen molar-refractivity contribution in [3.63, 3.8) is 0 Å². The molecule has 4 heteroatoms. The molecule has 0 bridgehead atoms. The van der Waals surface area contributed by atoms with Gasteiger partial charge in [-0.2, -0.15) is 0 Å². The Morgan fingerprint density at radius 3 is 2.41 bits per heavy atom. The van der Waals surface area contributed by atoms with Gasteiger partial charge >= 0.3 is 0 Å². The average molecular weight is 405 g/mol. The molecule has 1 aliphatic rings. The second kappa shape index (κ2) is 7.77. The normalized spacial score (nSPS) is 14.6. The number of hydrogen-bond acceptors (Lipinski definition) is 4. The first-order valence-corrected chi connectivity index (χ1v) is 11.0. The highest BCUT2D eigenvalue weighted by Gasteiger charge is 2.27. The van der Waals surface area contributed by atoms with Crippen LogP contribution in [0.1, 0.15) is 58.3 Å². The minimum Gasteiger partial charge on any atom is -0.390 e. The van der Waals surface area contributed by atoms with Crippen molar-refractivity contribution in [3.05, 3.63) is 87.3 Å². The van der Waals surface area contributed by atoms with Gasteiger partial charge < -0.3 is 5.73 Å². The monoisotopic (exact) mass is 404 g/mol.